The average Bonchev–Trinajstić information content (AvgIpc) is 2.40. The summed E-state index contributed by atoms with van der Waals surface area (Å²) in [6, 6.07) is 6.03. The molecule has 0 aliphatic carbocycles. The molecule has 0 spiro atoms. The first-order chi connectivity index (χ1) is 9.52. The molecule has 3 nitrogen and oxygen atoms in total. The van der Waals surface area contributed by atoms with Crippen molar-refractivity contribution in [2.75, 3.05) is 19.4 Å². The van der Waals surface area contributed by atoms with E-state index >= 15 is 0 Å². The van der Waals surface area contributed by atoms with E-state index in [2.05, 4.69) is 23.9 Å². The molecule has 0 aliphatic heterocycles. The highest BCUT2D eigenvalue weighted by atomic mass is 35.5. The number of rotatable bonds is 8. The summed E-state index contributed by atoms with van der Waals surface area (Å²) in [7, 11) is 1.41. The first-order valence-electron chi connectivity index (χ1n) is 6.71. The van der Waals surface area contributed by atoms with Crippen molar-refractivity contribution >= 4 is 29.3 Å². The van der Waals surface area contributed by atoms with Crippen molar-refractivity contribution in [3.8, 4) is 0 Å². The highest BCUT2D eigenvalue weighted by Gasteiger charge is 2.05. The molecule has 0 bridgehead atoms. The van der Waals surface area contributed by atoms with E-state index in [-0.39, 0.29) is 5.97 Å². The fraction of sp³-hybridized carbons (Fsp3) is 0.533. The number of hydrogen-bond donors (Lipinski definition) is 1. The van der Waals surface area contributed by atoms with Crippen LogP contribution in [0.4, 0.5) is 0 Å². The summed E-state index contributed by atoms with van der Waals surface area (Å²) in [5.41, 5.74) is 1.10. The van der Waals surface area contributed by atoms with Crippen LogP contribution in [0.1, 0.15) is 25.8 Å². The van der Waals surface area contributed by atoms with Crippen molar-refractivity contribution in [2.45, 2.75) is 31.7 Å². The summed E-state index contributed by atoms with van der Waals surface area (Å²) in [5, 5.41) is 4.14. The maximum absolute atomic E-state index is 11.0. The molecule has 1 aromatic carbocycles. The number of benzene rings is 1. The van der Waals surface area contributed by atoms with Crippen LogP contribution in [-0.4, -0.2) is 25.4 Å². The third kappa shape index (κ3) is 6.64. The second-order valence-electron chi connectivity index (χ2n) is 4.95. The summed E-state index contributed by atoms with van der Waals surface area (Å²) in [6.07, 6.45) is 0.413. The van der Waals surface area contributed by atoms with Gasteiger partial charge in [-0.05, 0) is 30.2 Å². The summed E-state index contributed by atoms with van der Waals surface area (Å²) >= 11 is 7.88. The molecule has 1 N–H and O–H groups in total. The molecule has 0 heterocycles. The van der Waals surface area contributed by atoms with E-state index in [4.69, 9.17) is 11.6 Å². The SMILES string of the molecule is COC(=O)CCSc1ccc(CNCC(C)C)c(Cl)c1. The van der Waals surface area contributed by atoms with Gasteiger partial charge >= 0.3 is 5.97 Å². The fourth-order valence-electron chi connectivity index (χ4n) is 1.61. The number of halogens is 1. The van der Waals surface area contributed by atoms with Gasteiger partial charge in [-0.15, -0.1) is 11.8 Å². The van der Waals surface area contributed by atoms with E-state index in [1.54, 1.807) is 11.8 Å². The molecule has 112 valence electrons. The minimum atomic E-state index is -0.182. The Hall–Kier alpha value is -0.710. The number of thioether (sulfide) groups is 1. The molecule has 0 saturated heterocycles. The van der Waals surface area contributed by atoms with Crippen molar-refractivity contribution in [2.24, 2.45) is 5.92 Å². The van der Waals surface area contributed by atoms with Gasteiger partial charge in [0.25, 0.3) is 0 Å². The minimum absolute atomic E-state index is 0.182. The van der Waals surface area contributed by atoms with Crippen molar-refractivity contribution in [3.63, 3.8) is 0 Å². The van der Waals surface area contributed by atoms with E-state index < -0.39 is 0 Å². The van der Waals surface area contributed by atoms with Crippen LogP contribution in [0.3, 0.4) is 0 Å². The Bertz CT molecular complexity index is 438. The molecule has 0 fully saturated rings. The van der Waals surface area contributed by atoms with Gasteiger partial charge in [0, 0.05) is 22.2 Å². The van der Waals surface area contributed by atoms with Crippen LogP contribution in [0.2, 0.25) is 5.02 Å². The highest BCUT2D eigenvalue weighted by molar-refractivity contribution is 7.99. The standard InChI is InChI=1S/C15H22ClNO2S/c1-11(2)9-17-10-12-4-5-13(8-14(12)16)20-7-6-15(18)19-3/h4-5,8,11,17H,6-7,9-10H2,1-3H3. The Morgan fingerprint density at radius 2 is 2.20 bits per heavy atom. The molecular weight excluding hydrogens is 294 g/mol. The lowest BCUT2D eigenvalue weighted by Gasteiger charge is -2.10. The van der Waals surface area contributed by atoms with Crippen molar-refractivity contribution < 1.29 is 9.53 Å². The Labute approximate surface area is 130 Å². The predicted molar refractivity (Wildman–Crippen MR) is 85.4 cm³/mol. The van der Waals surface area contributed by atoms with Gasteiger partial charge in [0.05, 0.1) is 13.5 Å². The monoisotopic (exact) mass is 315 g/mol. The quantitative estimate of drug-likeness (QED) is 0.586. The molecular formula is C15H22ClNO2S. The fourth-order valence-corrected chi connectivity index (χ4v) is 2.79. The van der Waals surface area contributed by atoms with Crippen LogP contribution < -0.4 is 5.32 Å². The third-order valence-electron chi connectivity index (χ3n) is 2.70. The molecule has 20 heavy (non-hydrogen) atoms. The predicted octanol–water partition coefficient (Wildman–Crippen LogP) is 3.74. The molecule has 0 aliphatic rings. The van der Waals surface area contributed by atoms with Crippen molar-refractivity contribution in [1.29, 1.82) is 0 Å². The van der Waals surface area contributed by atoms with Gasteiger partial charge in [-0.2, -0.15) is 0 Å². The number of hydrogen-bond acceptors (Lipinski definition) is 4. The zero-order chi connectivity index (χ0) is 15.0. The average molecular weight is 316 g/mol. The first kappa shape index (κ1) is 17.3. The normalized spacial score (nSPS) is 10.8. The lowest BCUT2D eigenvalue weighted by molar-refractivity contribution is -0.140. The maximum atomic E-state index is 11.0. The van der Waals surface area contributed by atoms with Gasteiger partial charge in [-0.25, -0.2) is 0 Å². The van der Waals surface area contributed by atoms with Crippen molar-refractivity contribution in [3.05, 3.63) is 28.8 Å². The lowest BCUT2D eigenvalue weighted by atomic mass is 10.2. The number of carbonyl (C=O) groups excluding carboxylic acids is 1. The molecule has 0 radical (unpaired) electrons. The number of carbonyl (C=O) groups is 1. The van der Waals surface area contributed by atoms with Crippen LogP contribution in [0.25, 0.3) is 0 Å². The summed E-state index contributed by atoms with van der Waals surface area (Å²) < 4.78 is 4.61. The maximum Gasteiger partial charge on any atom is 0.306 e. The van der Waals surface area contributed by atoms with Gasteiger partial charge < -0.3 is 10.1 Å². The molecule has 0 saturated carbocycles. The topological polar surface area (TPSA) is 38.3 Å². The first-order valence-corrected chi connectivity index (χ1v) is 8.08. The van der Waals surface area contributed by atoms with Crippen LogP contribution in [0.5, 0.6) is 0 Å². The second kappa shape index (κ2) is 9.27. The third-order valence-corrected chi connectivity index (χ3v) is 4.04. The van der Waals surface area contributed by atoms with Gasteiger partial charge in [0.15, 0.2) is 0 Å². The molecule has 0 atom stereocenters. The smallest absolute Gasteiger partial charge is 0.306 e. The summed E-state index contributed by atoms with van der Waals surface area (Å²) in [4.78, 5) is 12.1. The largest absolute Gasteiger partial charge is 0.469 e. The Morgan fingerprint density at radius 3 is 2.80 bits per heavy atom. The van der Waals surface area contributed by atoms with E-state index in [1.165, 1.54) is 7.11 Å². The molecule has 0 unspecified atom stereocenters. The van der Waals surface area contributed by atoms with Gasteiger partial charge in [0.2, 0.25) is 0 Å². The van der Waals surface area contributed by atoms with E-state index in [0.717, 1.165) is 28.6 Å². The Morgan fingerprint density at radius 1 is 1.45 bits per heavy atom. The zero-order valence-electron chi connectivity index (χ0n) is 12.2. The van der Waals surface area contributed by atoms with Gasteiger partial charge in [-0.3, -0.25) is 4.79 Å². The molecule has 0 amide bonds. The van der Waals surface area contributed by atoms with Crippen LogP contribution >= 0.6 is 23.4 Å². The van der Waals surface area contributed by atoms with Gasteiger partial charge in [-0.1, -0.05) is 31.5 Å². The Kier molecular flexibility index (Phi) is 8.04. The number of esters is 1. The van der Waals surface area contributed by atoms with Crippen LogP contribution in [-0.2, 0) is 16.1 Å². The number of ether oxygens (including phenoxy) is 1. The molecule has 5 heteroatoms. The van der Waals surface area contributed by atoms with Gasteiger partial charge in [0.1, 0.15) is 0 Å². The van der Waals surface area contributed by atoms with E-state index in [1.807, 2.05) is 18.2 Å². The number of nitrogens with one attached hydrogen (secondary N) is 1. The highest BCUT2D eigenvalue weighted by Crippen LogP contribution is 2.25. The van der Waals surface area contributed by atoms with E-state index in [9.17, 15) is 4.79 Å². The minimum Gasteiger partial charge on any atom is -0.469 e. The molecule has 1 rings (SSSR count). The van der Waals surface area contributed by atoms with Crippen LogP contribution in [0, 0.1) is 5.92 Å². The summed E-state index contributed by atoms with van der Waals surface area (Å²) in [5.74, 6) is 1.15. The van der Waals surface area contributed by atoms with E-state index in [0.29, 0.717) is 18.1 Å². The summed E-state index contributed by atoms with van der Waals surface area (Å²) in [6.45, 7) is 6.11. The second-order valence-corrected chi connectivity index (χ2v) is 6.53. The molecule has 1 aromatic rings. The molecule has 0 aromatic heterocycles. The van der Waals surface area contributed by atoms with Crippen LogP contribution in [0.15, 0.2) is 23.1 Å². The zero-order valence-corrected chi connectivity index (χ0v) is 13.8. The van der Waals surface area contributed by atoms with Crippen molar-refractivity contribution in [1.82, 2.24) is 5.32 Å². The lowest BCUT2D eigenvalue weighted by Crippen LogP contribution is -2.19. The Balaban J connectivity index is 2.44. The number of methoxy groups -OCH3 is 1.